The van der Waals surface area contributed by atoms with Gasteiger partial charge in [-0.3, -0.25) is 4.79 Å². The number of aromatic nitrogens is 2. The van der Waals surface area contributed by atoms with Gasteiger partial charge in [0, 0.05) is 16.9 Å². The molecule has 3 rings (SSSR count). The van der Waals surface area contributed by atoms with E-state index in [0.717, 1.165) is 6.20 Å². The second-order valence-corrected chi connectivity index (χ2v) is 5.55. The number of primary amides is 1. The fourth-order valence-electron chi connectivity index (χ4n) is 2.25. The highest BCUT2D eigenvalue weighted by molar-refractivity contribution is 5.93. The van der Waals surface area contributed by atoms with Crippen LogP contribution in [0.1, 0.15) is 10.4 Å². The van der Waals surface area contributed by atoms with Gasteiger partial charge < -0.3 is 21.1 Å². The van der Waals surface area contributed by atoms with Gasteiger partial charge in [0.2, 0.25) is 11.9 Å². The van der Waals surface area contributed by atoms with Gasteiger partial charge in [0.25, 0.3) is 0 Å². The Labute approximate surface area is 159 Å². The maximum Gasteiger partial charge on any atom is 0.248 e. The Hall–Kier alpha value is -4.19. The first-order chi connectivity index (χ1) is 13.5. The number of hydrogen-bond acceptors (Lipinski definition) is 7. The van der Waals surface area contributed by atoms with Crippen LogP contribution in [0, 0.1) is 17.1 Å². The molecule has 9 heteroatoms. The Bertz CT molecular complexity index is 1020. The molecule has 0 saturated heterocycles. The van der Waals surface area contributed by atoms with Crippen molar-refractivity contribution in [1.29, 1.82) is 5.26 Å². The minimum atomic E-state index is -0.626. The van der Waals surface area contributed by atoms with Crippen molar-refractivity contribution in [2.24, 2.45) is 5.73 Å². The normalized spacial score (nSPS) is 10.0. The molecular formula is C19H15FN6O2. The third-order valence-corrected chi connectivity index (χ3v) is 3.59. The highest BCUT2D eigenvalue weighted by Crippen LogP contribution is 2.22. The number of ether oxygens (including phenoxy) is 1. The van der Waals surface area contributed by atoms with Gasteiger partial charge in [0.05, 0.1) is 6.20 Å². The molecule has 0 aliphatic carbocycles. The van der Waals surface area contributed by atoms with Crippen LogP contribution in [0.4, 0.5) is 27.5 Å². The van der Waals surface area contributed by atoms with Crippen LogP contribution in [0.25, 0.3) is 0 Å². The molecule has 0 atom stereocenters. The molecule has 0 fully saturated rings. The van der Waals surface area contributed by atoms with Crippen molar-refractivity contribution in [1.82, 2.24) is 9.97 Å². The molecule has 0 aliphatic rings. The molecule has 4 N–H and O–H groups in total. The van der Waals surface area contributed by atoms with E-state index in [4.69, 9.17) is 15.7 Å². The van der Waals surface area contributed by atoms with E-state index in [1.807, 2.05) is 6.07 Å². The Morgan fingerprint density at radius 2 is 1.75 bits per heavy atom. The fraction of sp³-hybridized carbons (Fsp3) is 0.0526. The molecule has 0 saturated carbocycles. The van der Waals surface area contributed by atoms with E-state index in [9.17, 15) is 9.18 Å². The number of rotatable bonds is 7. The Kier molecular flexibility index (Phi) is 5.62. The van der Waals surface area contributed by atoms with E-state index in [-0.39, 0.29) is 18.4 Å². The van der Waals surface area contributed by atoms with Crippen molar-refractivity contribution in [3.05, 3.63) is 66.1 Å². The van der Waals surface area contributed by atoms with Crippen LogP contribution in [-0.2, 0) is 0 Å². The number of benzene rings is 2. The lowest BCUT2D eigenvalue weighted by Gasteiger charge is -2.10. The van der Waals surface area contributed by atoms with Crippen LogP contribution >= 0.6 is 0 Å². The van der Waals surface area contributed by atoms with Crippen molar-refractivity contribution in [3.63, 3.8) is 0 Å². The molecule has 0 aliphatic heterocycles. The summed E-state index contributed by atoms with van der Waals surface area (Å²) >= 11 is 0. The van der Waals surface area contributed by atoms with Gasteiger partial charge in [-0.2, -0.15) is 10.2 Å². The summed E-state index contributed by atoms with van der Waals surface area (Å²) in [4.78, 5) is 19.1. The molecule has 0 bridgehead atoms. The zero-order valence-electron chi connectivity index (χ0n) is 14.5. The Morgan fingerprint density at radius 1 is 1.11 bits per heavy atom. The van der Waals surface area contributed by atoms with E-state index in [0.29, 0.717) is 22.7 Å². The van der Waals surface area contributed by atoms with E-state index >= 15 is 0 Å². The zero-order valence-corrected chi connectivity index (χ0v) is 14.5. The summed E-state index contributed by atoms with van der Waals surface area (Å²) in [7, 11) is 0. The van der Waals surface area contributed by atoms with Crippen molar-refractivity contribution < 1.29 is 13.9 Å². The minimum absolute atomic E-state index is 0.0167. The minimum Gasteiger partial charge on any atom is -0.479 e. The number of anilines is 4. The number of amides is 1. The van der Waals surface area contributed by atoms with E-state index in [1.54, 1.807) is 48.5 Å². The monoisotopic (exact) mass is 378 g/mol. The largest absolute Gasteiger partial charge is 0.479 e. The summed E-state index contributed by atoms with van der Waals surface area (Å²) in [5, 5.41) is 14.3. The van der Waals surface area contributed by atoms with E-state index < -0.39 is 11.7 Å². The molecule has 1 aromatic heterocycles. The van der Waals surface area contributed by atoms with Gasteiger partial charge in [-0.25, -0.2) is 9.37 Å². The summed E-state index contributed by atoms with van der Waals surface area (Å²) in [5.41, 5.74) is 6.77. The number of nitrogens with zero attached hydrogens (tertiary/aromatic N) is 3. The predicted molar refractivity (Wildman–Crippen MR) is 101 cm³/mol. The van der Waals surface area contributed by atoms with Gasteiger partial charge in [0.15, 0.2) is 18.2 Å². The SMILES string of the molecule is N#CCOc1ccc(Nc2nc(Nc3ccc(C(N)=O)cc3)ncc2F)cc1. The highest BCUT2D eigenvalue weighted by atomic mass is 19.1. The van der Waals surface area contributed by atoms with Crippen molar-refractivity contribution >= 4 is 29.0 Å². The molecule has 8 nitrogen and oxygen atoms in total. The lowest BCUT2D eigenvalue weighted by Crippen LogP contribution is -2.10. The quantitative estimate of drug-likeness (QED) is 0.576. The highest BCUT2D eigenvalue weighted by Gasteiger charge is 2.09. The second-order valence-electron chi connectivity index (χ2n) is 5.55. The third kappa shape index (κ3) is 4.70. The van der Waals surface area contributed by atoms with E-state index in [2.05, 4.69) is 20.6 Å². The molecular weight excluding hydrogens is 363 g/mol. The summed E-state index contributed by atoms with van der Waals surface area (Å²) in [6, 6.07) is 14.9. The number of nitriles is 1. The number of carbonyl (C=O) groups is 1. The smallest absolute Gasteiger partial charge is 0.248 e. The van der Waals surface area contributed by atoms with Crippen LogP contribution in [0.15, 0.2) is 54.7 Å². The standard InChI is InChI=1S/C19H15FN6O2/c20-16-11-23-19(25-14-3-1-12(2-4-14)17(22)27)26-18(16)24-13-5-7-15(8-6-13)28-10-9-21/h1-8,11H,10H2,(H2,22,27)(H2,23,24,25,26). The first-order valence-corrected chi connectivity index (χ1v) is 8.11. The second kappa shape index (κ2) is 8.46. The van der Waals surface area contributed by atoms with Gasteiger partial charge >= 0.3 is 0 Å². The topological polar surface area (TPSA) is 126 Å². The number of nitrogens with one attached hydrogen (secondary N) is 2. The molecule has 0 spiro atoms. The number of carbonyl (C=O) groups excluding carboxylic acids is 1. The molecule has 0 unspecified atom stereocenters. The van der Waals surface area contributed by atoms with Gasteiger partial charge in [-0.05, 0) is 48.5 Å². The molecule has 0 radical (unpaired) electrons. The molecule has 140 valence electrons. The number of hydrogen-bond donors (Lipinski definition) is 3. The predicted octanol–water partition coefficient (Wildman–Crippen LogP) is 3.10. The number of halogens is 1. The van der Waals surface area contributed by atoms with Gasteiger partial charge in [0.1, 0.15) is 11.8 Å². The van der Waals surface area contributed by atoms with Gasteiger partial charge in [-0.1, -0.05) is 0 Å². The van der Waals surface area contributed by atoms with Crippen LogP contribution < -0.4 is 21.1 Å². The Balaban J connectivity index is 1.72. The van der Waals surface area contributed by atoms with Gasteiger partial charge in [-0.15, -0.1) is 0 Å². The summed E-state index contributed by atoms with van der Waals surface area (Å²) in [5.74, 6) is -0.474. The van der Waals surface area contributed by atoms with Crippen LogP contribution in [-0.4, -0.2) is 22.5 Å². The van der Waals surface area contributed by atoms with Crippen LogP contribution in [0.3, 0.4) is 0 Å². The molecule has 1 heterocycles. The fourth-order valence-corrected chi connectivity index (χ4v) is 2.25. The number of nitrogens with two attached hydrogens (primary N) is 1. The molecule has 2 aromatic carbocycles. The third-order valence-electron chi connectivity index (χ3n) is 3.59. The summed E-state index contributed by atoms with van der Waals surface area (Å²) in [6.45, 7) is -0.0528. The average molecular weight is 378 g/mol. The Morgan fingerprint density at radius 3 is 2.39 bits per heavy atom. The first-order valence-electron chi connectivity index (χ1n) is 8.11. The molecule has 3 aromatic rings. The maximum atomic E-state index is 14.1. The van der Waals surface area contributed by atoms with Crippen molar-refractivity contribution in [2.45, 2.75) is 0 Å². The lowest BCUT2D eigenvalue weighted by molar-refractivity contribution is 0.100. The molecule has 1 amide bonds. The lowest BCUT2D eigenvalue weighted by atomic mass is 10.2. The molecule has 28 heavy (non-hydrogen) atoms. The summed E-state index contributed by atoms with van der Waals surface area (Å²) in [6.07, 6.45) is 1.04. The van der Waals surface area contributed by atoms with E-state index in [1.165, 1.54) is 0 Å². The van der Waals surface area contributed by atoms with Crippen molar-refractivity contribution in [3.8, 4) is 11.8 Å². The van der Waals surface area contributed by atoms with Crippen LogP contribution in [0.5, 0.6) is 5.75 Å². The maximum absolute atomic E-state index is 14.1. The first kappa shape index (κ1) is 18.6. The van der Waals surface area contributed by atoms with Crippen molar-refractivity contribution in [2.75, 3.05) is 17.2 Å². The van der Waals surface area contributed by atoms with Crippen LogP contribution in [0.2, 0.25) is 0 Å². The average Bonchev–Trinajstić information content (AvgIpc) is 2.70. The zero-order chi connectivity index (χ0) is 19.9. The summed E-state index contributed by atoms with van der Waals surface area (Å²) < 4.78 is 19.2.